The summed E-state index contributed by atoms with van der Waals surface area (Å²) in [6, 6.07) is 20.6. The van der Waals surface area contributed by atoms with E-state index in [0.717, 1.165) is 35.1 Å². The number of para-hydroxylation sites is 1. The SMILES string of the molecule is O=c1nccccc1Nc1nc2ccccc2c2nc(-c3ccc(OC4CC4)cc3)nn12. The van der Waals surface area contributed by atoms with Gasteiger partial charge in [-0.25, -0.2) is 15.0 Å². The number of ether oxygens (including phenoxy) is 1. The second kappa shape index (κ2) is 7.42. The Morgan fingerprint density at radius 1 is 0.938 bits per heavy atom. The van der Waals surface area contributed by atoms with Crippen LogP contribution in [0, 0.1) is 0 Å². The number of aromatic nitrogens is 5. The van der Waals surface area contributed by atoms with E-state index in [1.165, 1.54) is 6.20 Å². The van der Waals surface area contributed by atoms with Crippen LogP contribution in [-0.4, -0.2) is 30.7 Å². The maximum absolute atomic E-state index is 12.3. The van der Waals surface area contributed by atoms with Gasteiger partial charge >= 0.3 is 0 Å². The summed E-state index contributed by atoms with van der Waals surface area (Å²) in [5.41, 5.74) is 2.18. The molecule has 0 bridgehead atoms. The molecule has 1 aliphatic carbocycles. The third kappa shape index (κ3) is 3.41. The third-order valence-electron chi connectivity index (χ3n) is 5.25. The maximum Gasteiger partial charge on any atom is 0.293 e. The monoisotopic (exact) mass is 422 g/mol. The smallest absolute Gasteiger partial charge is 0.293 e. The molecule has 0 amide bonds. The average molecular weight is 422 g/mol. The lowest BCUT2D eigenvalue weighted by molar-refractivity contribution is 0.303. The molecule has 6 rings (SSSR count). The first-order valence-corrected chi connectivity index (χ1v) is 10.4. The molecule has 0 unspecified atom stereocenters. The van der Waals surface area contributed by atoms with Crippen molar-refractivity contribution in [2.45, 2.75) is 18.9 Å². The topological polar surface area (TPSA) is 94.3 Å². The maximum atomic E-state index is 12.3. The Labute approximate surface area is 182 Å². The van der Waals surface area contributed by atoms with Gasteiger partial charge in [0, 0.05) is 17.1 Å². The molecule has 0 aliphatic heterocycles. The average Bonchev–Trinajstić information content (AvgIpc) is 3.55. The standard InChI is InChI=1S/C24H18N6O2/c31-23-20(7-3-4-14-25-23)27-24-26-19-6-2-1-5-18(19)22-28-21(29-30(22)24)15-8-10-16(11-9-15)32-17-12-13-17/h1-11,14,17H,12-13H2,(H,25,26,27,31). The molecule has 1 fully saturated rings. The molecule has 5 aromatic rings. The van der Waals surface area contributed by atoms with E-state index in [1.807, 2.05) is 48.5 Å². The van der Waals surface area contributed by atoms with Gasteiger partial charge in [0.1, 0.15) is 11.4 Å². The van der Waals surface area contributed by atoms with Crippen molar-refractivity contribution in [3.63, 3.8) is 0 Å². The summed E-state index contributed by atoms with van der Waals surface area (Å²) in [7, 11) is 0. The van der Waals surface area contributed by atoms with E-state index in [2.05, 4.69) is 15.3 Å². The van der Waals surface area contributed by atoms with Crippen molar-refractivity contribution in [3.8, 4) is 17.1 Å². The summed E-state index contributed by atoms with van der Waals surface area (Å²) in [6.45, 7) is 0. The van der Waals surface area contributed by atoms with Crippen LogP contribution in [0.25, 0.3) is 27.9 Å². The number of fused-ring (bicyclic) bond motifs is 3. The van der Waals surface area contributed by atoms with E-state index in [1.54, 1.807) is 22.7 Å². The fourth-order valence-corrected chi connectivity index (χ4v) is 3.49. The fraction of sp³-hybridized carbons (Fsp3) is 0.125. The van der Waals surface area contributed by atoms with E-state index in [9.17, 15) is 4.79 Å². The highest BCUT2D eigenvalue weighted by atomic mass is 16.5. The molecular formula is C24H18N6O2. The number of hydrogen-bond donors (Lipinski definition) is 1. The first-order chi connectivity index (χ1) is 15.7. The van der Waals surface area contributed by atoms with Crippen LogP contribution in [0.4, 0.5) is 11.6 Å². The van der Waals surface area contributed by atoms with Crippen LogP contribution in [0.15, 0.2) is 77.7 Å². The Balaban J connectivity index is 1.48. The van der Waals surface area contributed by atoms with Gasteiger partial charge in [-0.1, -0.05) is 18.2 Å². The molecular weight excluding hydrogens is 404 g/mol. The lowest BCUT2D eigenvalue weighted by atomic mass is 10.2. The highest BCUT2D eigenvalue weighted by molar-refractivity contribution is 5.93. The van der Waals surface area contributed by atoms with Gasteiger partial charge in [0.15, 0.2) is 11.5 Å². The molecule has 0 saturated heterocycles. The zero-order chi connectivity index (χ0) is 21.5. The zero-order valence-electron chi connectivity index (χ0n) is 17.0. The van der Waals surface area contributed by atoms with Crippen LogP contribution >= 0.6 is 0 Å². The first-order valence-electron chi connectivity index (χ1n) is 10.4. The summed E-state index contributed by atoms with van der Waals surface area (Å²) in [4.78, 5) is 25.6. The third-order valence-corrected chi connectivity index (χ3v) is 5.25. The van der Waals surface area contributed by atoms with Gasteiger partial charge in [-0.15, -0.1) is 5.10 Å². The minimum absolute atomic E-state index is 0.303. The molecule has 0 radical (unpaired) electrons. The Morgan fingerprint density at radius 2 is 1.75 bits per heavy atom. The fourth-order valence-electron chi connectivity index (χ4n) is 3.49. The molecule has 3 aromatic heterocycles. The highest BCUT2D eigenvalue weighted by Crippen LogP contribution is 2.29. The van der Waals surface area contributed by atoms with Gasteiger partial charge in [0.25, 0.3) is 5.56 Å². The molecule has 1 N–H and O–H groups in total. The Morgan fingerprint density at radius 3 is 2.59 bits per heavy atom. The van der Waals surface area contributed by atoms with E-state index in [-0.39, 0.29) is 5.56 Å². The van der Waals surface area contributed by atoms with Crippen molar-refractivity contribution < 1.29 is 4.74 Å². The van der Waals surface area contributed by atoms with E-state index in [0.29, 0.717) is 29.2 Å². The van der Waals surface area contributed by atoms with Gasteiger partial charge < -0.3 is 10.1 Å². The molecule has 0 spiro atoms. The second-order valence-corrected chi connectivity index (χ2v) is 7.64. The molecule has 1 aliphatic rings. The van der Waals surface area contributed by atoms with Crippen molar-refractivity contribution in [2.75, 3.05) is 5.32 Å². The number of hydrogen-bond acceptors (Lipinski definition) is 7. The lowest BCUT2D eigenvalue weighted by Crippen LogP contribution is -2.11. The van der Waals surface area contributed by atoms with Gasteiger partial charge in [0.05, 0.1) is 11.6 Å². The molecule has 1 saturated carbocycles. The van der Waals surface area contributed by atoms with Crippen LogP contribution in [0.5, 0.6) is 5.75 Å². The number of benzene rings is 2. The molecule has 8 nitrogen and oxygen atoms in total. The quantitative estimate of drug-likeness (QED) is 0.458. The zero-order valence-corrected chi connectivity index (χ0v) is 17.0. The summed E-state index contributed by atoms with van der Waals surface area (Å²) in [6.07, 6.45) is 4.04. The predicted octanol–water partition coefficient (Wildman–Crippen LogP) is 3.98. The number of anilines is 2. The molecule has 0 atom stereocenters. The Bertz CT molecular complexity index is 1510. The highest BCUT2D eigenvalue weighted by Gasteiger charge is 2.23. The van der Waals surface area contributed by atoms with Gasteiger partial charge in [-0.3, -0.25) is 4.79 Å². The van der Waals surface area contributed by atoms with Gasteiger partial charge in [-0.2, -0.15) is 4.52 Å². The Kier molecular flexibility index (Phi) is 4.28. The minimum Gasteiger partial charge on any atom is -0.490 e. The van der Waals surface area contributed by atoms with Crippen LogP contribution in [0.3, 0.4) is 0 Å². The summed E-state index contributed by atoms with van der Waals surface area (Å²) in [5.74, 6) is 1.79. The number of nitrogens with one attached hydrogen (secondary N) is 1. The van der Waals surface area contributed by atoms with E-state index >= 15 is 0 Å². The summed E-state index contributed by atoms with van der Waals surface area (Å²) < 4.78 is 7.46. The van der Waals surface area contributed by atoms with E-state index < -0.39 is 0 Å². The predicted molar refractivity (Wildman–Crippen MR) is 121 cm³/mol. The molecule has 156 valence electrons. The normalized spacial score (nSPS) is 13.4. The second-order valence-electron chi connectivity index (χ2n) is 7.64. The molecule has 8 heteroatoms. The largest absolute Gasteiger partial charge is 0.490 e. The van der Waals surface area contributed by atoms with Crippen molar-refractivity contribution >= 4 is 28.2 Å². The lowest BCUT2D eigenvalue weighted by Gasteiger charge is -2.07. The van der Waals surface area contributed by atoms with Crippen molar-refractivity contribution in [3.05, 3.63) is 83.3 Å². The van der Waals surface area contributed by atoms with Gasteiger partial charge in [-0.05, 0) is 61.4 Å². The van der Waals surface area contributed by atoms with Crippen molar-refractivity contribution in [1.29, 1.82) is 0 Å². The molecule has 32 heavy (non-hydrogen) atoms. The Hall–Kier alpha value is -4.33. The number of nitrogens with zero attached hydrogens (tertiary/aromatic N) is 5. The van der Waals surface area contributed by atoms with Crippen molar-refractivity contribution in [2.24, 2.45) is 0 Å². The van der Waals surface area contributed by atoms with Crippen LogP contribution in [0.2, 0.25) is 0 Å². The molecule has 3 heterocycles. The van der Waals surface area contributed by atoms with E-state index in [4.69, 9.17) is 14.8 Å². The van der Waals surface area contributed by atoms with Crippen LogP contribution < -0.4 is 15.6 Å². The molecule has 2 aromatic carbocycles. The number of rotatable bonds is 5. The van der Waals surface area contributed by atoms with Crippen LogP contribution in [-0.2, 0) is 0 Å². The first kappa shape index (κ1) is 18.4. The summed E-state index contributed by atoms with van der Waals surface area (Å²) >= 11 is 0. The van der Waals surface area contributed by atoms with Crippen LogP contribution in [0.1, 0.15) is 12.8 Å². The van der Waals surface area contributed by atoms with Gasteiger partial charge in [0.2, 0.25) is 5.95 Å². The summed E-state index contributed by atoms with van der Waals surface area (Å²) in [5, 5.41) is 8.64. The van der Waals surface area contributed by atoms with Crippen molar-refractivity contribution in [1.82, 2.24) is 24.6 Å². The minimum atomic E-state index is -0.385.